The summed E-state index contributed by atoms with van der Waals surface area (Å²) in [5, 5.41) is 5.93. The summed E-state index contributed by atoms with van der Waals surface area (Å²) in [4.78, 5) is 23.6. The molecule has 27 heavy (non-hydrogen) atoms. The summed E-state index contributed by atoms with van der Waals surface area (Å²) in [5.41, 5.74) is 6.58. The minimum Gasteiger partial charge on any atom is -0.497 e. The van der Waals surface area contributed by atoms with E-state index in [0.717, 1.165) is 17.1 Å². The van der Waals surface area contributed by atoms with E-state index in [9.17, 15) is 9.59 Å². The van der Waals surface area contributed by atoms with Gasteiger partial charge in [0, 0.05) is 11.4 Å². The largest absolute Gasteiger partial charge is 0.497 e. The molecule has 4 N–H and O–H groups in total. The summed E-state index contributed by atoms with van der Waals surface area (Å²) in [7, 11) is 1.59. The molecule has 2 amide bonds. The Balaban J connectivity index is 1.61. The number of benzene rings is 2. The lowest BCUT2D eigenvalue weighted by molar-refractivity contribution is -0.119. The van der Waals surface area contributed by atoms with Gasteiger partial charge in [0.05, 0.1) is 18.6 Å². The maximum absolute atomic E-state index is 11.8. The zero-order valence-electron chi connectivity index (χ0n) is 14.7. The lowest BCUT2D eigenvalue weighted by atomic mass is 10.3. The first-order valence-electron chi connectivity index (χ1n) is 7.99. The van der Waals surface area contributed by atoms with Crippen LogP contribution in [-0.4, -0.2) is 35.5 Å². The van der Waals surface area contributed by atoms with Crippen LogP contribution in [0, 0.1) is 0 Å². The van der Waals surface area contributed by atoms with E-state index in [0.29, 0.717) is 0 Å². The van der Waals surface area contributed by atoms with Crippen LogP contribution < -0.4 is 26.2 Å². The molecule has 0 saturated heterocycles. The van der Waals surface area contributed by atoms with Gasteiger partial charge < -0.3 is 15.4 Å². The molecule has 0 atom stereocenters. The number of hydrogen-bond donors (Lipinski definition) is 4. The Morgan fingerprint density at radius 3 is 2.19 bits per heavy atom. The van der Waals surface area contributed by atoms with Crippen molar-refractivity contribution in [3.63, 3.8) is 0 Å². The van der Waals surface area contributed by atoms with Crippen molar-refractivity contribution in [3.8, 4) is 5.75 Å². The van der Waals surface area contributed by atoms with Gasteiger partial charge in [-0.05, 0) is 48.6 Å². The number of hydrazine groups is 1. The van der Waals surface area contributed by atoms with Gasteiger partial charge in [0.2, 0.25) is 11.8 Å². The van der Waals surface area contributed by atoms with Gasteiger partial charge in [-0.1, -0.05) is 18.2 Å². The van der Waals surface area contributed by atoms with Gasteiger partial charge in [-0.3, -0.25) is 20.4 Å². The quantitative estimate of drug-likeness (QED) is 0.416. The summed E-state index contributed by atoms with van der Waals surface area (Å²) in [6, 6.07) is 16.3. The molecule has 9 heteroatoms. The molecule has 2 aromatic carbocycles. The monoisotopic (exact) mass is 404 g/mol. The Labute approximate surface area is 167 Å². The molecular formula is C18H20N4O3S2. The molecule has 2 aromatic rings. The molecule has 0 aliphatic carbocycles. The molecule has 0 aromatic heterocycles. The lowest BCUT2D eigenvalue weighted by Gasteiger charge is -2.12. The predicted molar refractivity (Wildman–Crippen MR) is 113 cm³/mol. The van der Waals surface area contributed by atoms with Crippen molar-refractivity contribution in [2.75, 3.05) is 29.2 Å². The van der Waals surface area contributed by atoms with Crippen LogP contribution in [0.5, 0.6) is 5.75 Å². The molecule has 0 aliphatic heterocycles. The Kier molecular flexibility index (Phi) is 8.40. The first-order chi connectivity index (χ1) is 13.1. The van der Waals surface area contributed by atoms with Gasteiger partial charge >= 0.3 is 0 Å². The lowest BCUT2D eigenvalue weighted by Crippen LogP contribution is -2.44. The van der Waals surface area contributed by atoms with Crippen molar-refractivity contribution < 1.29 is 14.3 Å². The molecule has 0 spiro atoms. The fraction of sp³-hybridized carbons (Fsp3) is 0.167. The Morgan fingerprint density at radius 2 is 1.52 bits per heavy atom. The van der Waals surface area contributed by atoms with Crippen LogP contribution in [0.25, 0.3) is 0 Å². The Morgan fingerprint density at radius 1 is 0.889 bits per heavy atom. The van der Waals surface area contributed by atoms with Crippen molar-refractivity contribution in [3.05, 3.63) is 54.6 Å². The van der Waals surface area contributed by atoms with E-state index in [1.807, 2.05) is 18.2 Å². The van der Waals surface area contributed by atoms with E-state index < -0.39 is 0 Å². The van der Waals surface area contributed by atoms with Crippen LogP contribution in [0.2, 0.25) is 0 Å². The first-order valence-corrected chi connectivity index (χ1v) is 9.55. The van der Waals surface area contributed by atoms with Gasteiger partial charge in [0.15, 0.2) is 5.11 Å². The highest BCUT2D eigenvalue weighted by molar-refractivity contribution is 8.00. The number of hydrogen-bond acceptors (Lipinski definition) is 5. The highest BCUT2D eigenvalue weighted by Crippen LogP contribution is 2.14. The van der Waals surface area contributed by atoms with Gasteiger partial charge in [-0.2, -0.15) is 0 Å². The second-order valence-electron chi connectivity index (χ2n) is 5.26. The third-order valence-corrected chi connectivity index (χ3v) is 4.32. The molecular weight excluding hydrogens is 384 g/mol. The molecule has 0 unspecified atom stereocenters. The van der Waals surface area contributed by atoms with E-state index >= 15 is 0 Å². The van der Waals surface area contributed by atoms with Crippen LogP contribution in [-0.2, 0) is 9.59 Å². The molecule has 0 fully saturated rings. The number of thioether (sulfide) groups is 1. The smallest absolute Gasteiger partial charge is 0.248 e. The molecule has 0 radical (unpaired) electrons. The SMILES string of the molecule is COc1ccc(NC(=S)NNC(=O)CSCC(=O)Nc2ccccc2)cc1. The average molecular weight is 405 g/mol. The van der Waals surface area contributed by atoms with Gasteiger partial charge in [-0.15, -0.1) is 11.8 Å². The number of ether oxygens (including phenoxy) is 1. The molecule has 142 valence electrons. The number of para-hydroxylation sites is 1. The summed E-state index contributed by atoms with van der Waals surface area (Å²) in [5.74, 6) is 0.591. The van der Waals surface area contributed by atoms with Gasteiger partial charge in [-0.25, -0.2) is 0 Å². The van der Waals surface area contributed by atoms with E-state index in [1.165, 1.54) is 11.8 Å². The number of anilines is 2. The van der Waals surface area contributed by atoms with E-state index in [1.54, 1.807) is 43.5 Å². The summed E-state index contributed by atoms with van der Waals surface area (Å²) in [6.07, 6.45) is 0. The van der Waals surface area contributed by atoms with E-state index in [-0.39, 0.29) is 28.4 Å². The fourth-order valence-electron chi connectivity index (χ4n) is 1.95. The van der Waals surface area contributed by atoms with Crippen molar-refractivity contribution in [1.82, 2.24) is 10.9 Å². The maximum atomic E-state index is 11.8. The van der Waals surface area contributed by atoms with E-state index in [4.69, 9.17) is 17.0 Å². The Hall–Kier alpha value is -2.78. The molecule has 0 aliphatic rings. The highest BCUT2D eigenvalue weighted by Gasteiger charge is 2.06. The summed E-state index contributed by atoms with van der Waals surface area (Å²) >= 11 is 6.31. The number of amides is 2. The topological polar surface area (TPSA) is 91.5 Å². The molecule has 0 bridgehead atoms. The first kappa shape index (κ1) is 20.5. The minimum atomic E-state index is -0.286. The van der Waals surface area contributed by atoms with Crippen molar-refractivity contribution in [2.24, 2.45) is 0 Å². The molecule has 2 rings (SSSR count). The van der Waals surface area contributed by atoms with Gasteiger partial charge in [0.1, 0.15) is 5.75 Å². The maximum Gasteiger partial charge on any atom is 0.248 e. The second kappa shape index (κ2) is 11.0. The second-order valence-corrected chi connectivity index (χ2v) is 6.66. The predicted octanol–water partition coefficient (Wildman–Crippen LogP) is 2.38. The zero-order chi connectivity index (χ0) is 19.5. The normalized spacial score (nSPS) is 9.81. The van der Waals surface area contributed by atoms with Crippen LogP contribution in [0.4, 0.5) is 11.4 Å². The highest BCUT2D eigenvalue weighted by atomic mass is 32.2. The van der Waals surface area contributed by atoms with Crippen LogP contribution in [0.3, 0.4) is 0 Å². The third kappa shape index (κ3) is 7.97. The zero-order valence-corrected chi connectivity index (χ0v) is 16.3. The van der Waals surface area contributed by atoms with Crippen molar-refractivity contribution >= 4 is 52.3 Å². The molecule has 0 saturated carbocycles. The van der Waals surface area contributed by atoms with Crippen molar-refractivity contribution in [1.29, 1.82) is 0 Å². The number of carbonyl (C=O) groups excluding carboxylic acids is 2. The summed E-state index contributed by atoms with van der Waals surface area (Å²) < 4.78 is 5.08. The summed E-state index contributed by atoms with van der Waals surface area (Å²) in [6.45, 7) is 0. The van der Waals surface area contributed by atoms with Crippen molar-refractivity contribution in [2.45, 2.75) is 0 Å². The van der Waals surface area contributed by atoms with Gasteiger partial charge in [0.25, 0.3) is 0 Å². The number of methoxy groups -OCH3 is 1. The molecule has 7 nitrogen and oxygen atoms in total. The van der Waals surface area contributed by atoms with Crippen LogP contribution in [0.1, 0.15) is 0 Å². The number of thiocarbonyl (C=S) groups is 1. The van der Waals surface area contributed by atoms with Crippen LogP contribution >= 0.6 is 24.0 Å². The van der Waals surface area contributed by atoms with E-state index in [2.05, 4.69) is 21.5 Å². The number of nitrogens with one attached hydrogen (secondary N) is 4. The van der Waals surface area contributed by atoms with Crippen LogP contribution in [0.15, 0.2) is 54.6 Å². The molecule has 0 heterocycles. The minimum absolute atomic E-state index is 0.125. The third-order valence-electron chi connectivity index (χ3n) is 3.19. The standard InChI is InChI=1S/C18H20N4O3S2/c1-25-15-9-7-14(8-10-15)20-18(26)22-21-17(24)12-27-11-16(23)19-13-5-3-2-4-6-13/h2-10H,11-12H2,1H3,(H,19,23)(H,21,24)(H2,20,22,26). The Bertz CT molecular complexity index is 770. The average Bonchev–Trinajstić information content (AvgIpc) is 2.68. The number of carbonyl (C=O) groups is 2. The fourth-order valence-corrected chi connectivity index (χ4v) is 2.74. The number of rotatable bonds is 7.